The van der Waals surface area contributed by atoms with Gasteiger partial charge in [-0.25, -0.2) is 4.79 Å². The number of hydrogen-bond donors (Lipinski definition) is 1. The second kappa shape index (κ2) is 5.05. The highest BCUT2D eigenvalue weighted by atomic mass is 35.5. The Kier molecular flexibility index (Phi) is 4.10. The van der Waals surface area contributed by atoms with Crippen LogP contribution < -0.4 is 5.32 Å². The fourth-order valence-corrected chi connectivity index (χ4v) is 1.56. The fraction of sp³-hybridized carbons (Fsp3) is 0.556. The molecule has 1 heterocycles. The monoisotopic (exact) mass is 284 g/mol. The van der Waals surface area contributed by atoms with Gasteiger partial charge in [0, 0.05) is 21.1 Å². The van der Waals surface area contributed by atoms with Crippen LogP contribution in [-0.2, 0) is 19.8 Å². The molecule has 0 spiro atoms. The minimum Gasteiger partial charge on any atom is -0.332 e. The molecular formula is C9H12ClF3N4O. The third-order valence-corrected chi connectivity index (χ3v) is 2.58. The molecule has 0 aliphatic rings. The van der Waals surface area contributed by atoms with E-state index < -0.39 is 22.9 Å². The molecule has 0 aliphatic heterocycles. The number of rotatable bonds is 2. The van der Waals surface area contributed by atoms with Crippen LogP contribution in [0.5, 0.6) is 0 Å². The Bertz CT molecular complexity index is 455. The second-order valence-electron chi connectivity index (χ2n) is 3.78. The van der Waals surface area contributed by atoms with Gasteiger partial charge in [-0.3, -0.25) is 4.68 Å². The number of urea groups is 1. The molecule has 1 aromatic rings. The zero-order chi connectivity index (χ0) is 14.1. The minimum absolute atomic E-state index is 0.0965. The summed E-state index contributed by atoms with van der Waals surface area (Å²) >= 11 is 5.61. The summed E-state index contributed by atoms with van der Waals surface area (Å²) in [4.78, 5) is 12.5. The molecule has 5 nitrogen and oxygen atoms in total. The van der Waals surface area contributed by atoms with Crippen molar-refractivity contribution in [2.24, 2.45) is 7.05 Å². The van der Waals surface area contributed by atoms with Gasteiger partial charge in [-0.05, 0) is 0 Å². The molecule has 0 unspecified atom stereocenters. The second-order valence-corrected chi connectivity index (χ2v) is 4.16. The van der Waals surface area contributed by atoms with Gasteiger partial charge in [-0.15, -0.1) is 0 Å². The number of nitrogens with one attached hydrogen (secondary N) is 1. The van der Waals surface area contributed by atoms with Crippen LogP contribution in [0.15, 0.2) is 0 Å². The van der Waals surface area contributed by atoms with Crippen LogP contribution in [0.1, 0.15) is 11.4 Å². The Morgan fingerprint density at radius 3 is 2.44 bits per heavy atom. The standard InChI is InChI=1S/C9H12ClF3N4O/c1-16(2)8(18)14-4-5-6(10)7(9(11,12)13)15-17(5)3/h4H2,1-3H3,(H,14,18). The van der Waals surface area contributed by atoms with Crippen molar-refractivity contribution >= 4 is 17.6 Å². The number of alkyl halides is 3. The van der Waals surface area contributed by atoms with Gasteiger partial charge in [0.1, 0.15) is 0 Å². The SMILES string of the molecule is CN(C)C(=O)NCc1c(Cl)c(C(F)(F)F)nn1C. The van der Waals surface area contributed by atoms with Gasteiger partial charge >= 0.3 is 12.2 Å². The summed E-state index contributed by atoms with van der Waals surface area (Å²) in [5.74, 6) is 0. The molecule has 1 rings (SSSR count). The van der Waals surface area contributed by atoms with Crippen molar-refractivity contribution in [1.29, 1.82) is 0 Å². The summed E-state index contributed by atoms with van der Waals surface area (Å²) in [5.41, 5.74) is -1.06. The molecular weight excluding hydrogens is 273 g/mol. The third kappa shape index (κ3) is 3.06. The normalized spacial score (nSPS) is 11.5. The fourth-order valence-electron chi connectivity index (χ4n) is 1.22. The van der Waals surface area contributed by atoms with Crippen molar-refractivity contribution in [3.05, 3.63) is 16.4 Å². The van der Waals surface area contributed by atoms with Crippen molar-refractivity contribution in [2.45, 2.75) is 12.7 Å². The zero-order valence-corrected chi connectivity index (χ0v) is 10.7. The molecule has 0 aliphatic carbocycles. The van der Waals surface area contributed by atoms with Gasteiger partial charge in [0.25, 0.3) is 0 Å². The molecule has 0 saturated carbocycles. The van der Waals surface area contributed by atoms with E-state index in [-0.39, 0.29) is 12.2 Å². The average molecular weight is 285 g/mol. The summed E-state index contributed by atoms with van der Waals surface area (Å²) < 4.78 is 38.5. The largest absolute Gasteiger partial charge is 0.436 e. The van der Waals surface area contributed by atoms with Gasteiger partial charge in [0.05, 0.1) is 17.3 Å². The number of halogens is 4. The Morgan fingerprint density at radius 1 is 1.50 bits per heavy atom. The molecule has 0 radical (unpaired) electrons. The first-order valence-electron chi connectivity index (χ1n) is 4.88. The van der Waals surface area contributed by atoms with E-state index in [1.54, 1.807) is 0 Å². The molecule has 0 bridgehead atoms. The van der Waals surface area contributed by atoms with E-state index in [4.69, 9.17) is 11.6 Å². The van der Waals surface area contributed by atoms with Crippen LogP contribution in [0.3, 0.4) is 0 Å². The van der Waals surface area contributed by atoms with E-state index >= 15 is 0 Å². The maximum Gasteiger partial charge on any atom is 0.436 e. The van der Waals surface area contributed by atoms with E-state index in [0.29, 0.717) is 0 Å². The molecule has 0 fully saturated rings. The van der Waals surface area contributed by atoms with E-state index in [9.17, 15) is 18.0 Å². The van der Waals surface area contributed by atoms with Gasteiger partial charge in [0.2, 0.25) is 0 Å². The van der Waals surface area contributed by atoms with Crippen molar-refractivity contribution in [2.75, 3.05) is 14.1 Å². The van der Waals surface area contributed by atoms with Crippen LogP contribution in [0, 0.1) is 0 Å². The van der Waals surface area contributed by atoms with Crippen molar-refractivity contribution in [3.63, 3.8) is 0 Å². The lowest BCUT2D eigenvalue weighted by Crippen LogP contribution is -2.34. The van der Waals surface area contributed by atoms with E-state index in [1.807, 2.05) is 0 Å². The molecule has 9 heteroatoms. The molecule has 0 atom stereocenters. The predicted octanol–water partition coefficient (Wildman–Crippen LogP) is 1.86. The summed E-state index contributed by atoms with van der Waals surface area (Å²) in [7, 11) is 4.36. The Labute approximate surface area is 106 Å². The third-order valence-electron chi connectivity index (χ3n) is 2.18. The van der Waals surface area contributed by atoms with Gasteiger partial charge in [0.15, 0.2) is 5.69 Å². The number of nitrogens with zero attached hydrogens (tertiary/aromatic N) is 3. The lowest BCUT2D eigenvalue weighted by molar-refractivity contribution is -0.141. The number of aromatic nitrogens is 2. The number of amides is 2. The lowest BCUT2D eigenvalue weighted by atomic mass is 10.3. The number of carbonyl (C=O) groups is 1. The quantitative estimate of drug-likeness (QED) is 0.901. The van der Waals surface area contributed by atoms with Crippen molar-refractivity contribution in [3.8, 4) is 0 Å². The first kappa shape index (κ1) is 14.6. The van der Waals surface area contributed by atoms with Crippen LogP contribution >= 0.6 is 11.6 Å². The van der Waals surface area contributed by atoms with Crippen LogP contribution in [0.2, 0.25) is 5.02 Å². The first-order valence-corrected chi connectivity index (χ1v) is 5.26. The molecule has 1 aromatic heterocycles. The molecule has 0 saturated heterocycles. The minimum atomic E-state index is -4.61. The van der Waals surface area contributed by atoms with E-state index in [0.717, 1.165) is 4.68 Å². The first-order chi connectivity index (χ1) is 8.14. The maximum absolute atomic E-state index is 12.5. The Hall–Kier alpha value is -1.44. The van der Waals surface area contributed by atoms with Crippen molar-refractivity contribution in [1.82, 2.24) is 20.0 Å². The van der Waals surface area contributed by atoms with E-state index in [1.165, 1.54) is 26.0 Å². The summed E-state index contributed by atoms with van der Waals surface area (Å²) in [6.07, 6.45) is -4.61. The average Bonchev–Trinajstić information content (AvgIpc) is 2.51. The molecule has 2 amide bonds. The van der Waals surface area contributed by atoms with Gasteiger partial charge in [-0.2, -0.15) is 18.3 Å². The predicted molar refractivity (Wildman–Crippen MR) is 59.1 cm³/mol. The smallest absolute Gasteiger partial charge is 0.332 e. The lowest BCUT2D eigenvalue weighted by Gasteiger charge is -2.12. The van der Waals surface area contributed by atoms with Gasteiger partial charge in [-0.1, -0.05) is 11.6 Å². The molecule has 0 aromatic carbocycles. The van der Waals surface area contributed by atoms with Crippen LogP contribution in [0.25, 0.3) is 0 Å². The zero-order valence-electron chi connectivity index (χ0n) is 9.97. The van der Waals surface area contributed by atoms with Gasteiger partial charge < -0.3 is 10.2 Å². The maximum atomic E-state index is 12.5. The van der Waals surface area contributed by atoms with Crippen molar-refractivity contribution < 1.29 is 18.0 Å². The Morgan fingerprint density at radius 2 is 2.06 bits per heavy atom. The van der Waals surface area contributed by atoms with E-state index in [2.05, 4.69) is 10.4 Å². The highest BCUT2D eigenvalue weighted by molar-refractivity contribution is 6.32. The highest BCUT2D eigenvalue weighted by Crippen LogP contribution is 2.35. The Balaban J connectivity index is 2.91. The molecule has 102 valence electrons. The highest BCUT2D eigenvalue weighted by Gasteiger charge is 2.38. The molecule has 1 N–H and O–H groups in total. The molecule has 18 heavy (non-hydrogen) atoms. The summed E-state index contributed by atoms with van der Waals surface area (Å²) in [5, 5.41) is 5.22. The summed E-state index contributed by atoms with van der Waals surface area (Å²) in [6, 6.07) is -0.430. The topological polar surface area (TPSA) is 50.2 Å². The number of aryl methyl sites for hydroxylation is 1. The summed E-state index contributed by atoms with van der Waals surface area (Å²) in [6.45, 7) is -0.130. The van der Waals surface area contributed by atoms with Crippen LogP contribution in [0.4, 0.5) is 18.0 Å². The number of hydrogen-bond acceptors (Lipinski definition) is 2. The van der Waals surface area contributed by atoms with Crippen LogP contribution in [-0.4, -0.2) is 34.8 Å². The number of carbonyl (C=O) groups excluding carboxylic acids is 1.